The standard InChI is InChI=1S/C12H18FNO/c1-8-5-11(13)7-12(6-8)14-9(2)10(3)15-4/h5-7,9-10,14H,1-4H3. The molecule has 0 aliphatic carbocycles. The zero-order chi connectivity index (χ0) is 11.4. The second-order valence-corrected chi connectivity index (χ2v) is 3.89. The molecule has 0 aromatic heterocycles. The number of ether oxygens (including phenoxy) is 1. The summed E-state index contributed by atoms with van der Waals surface area (Å²) >= 11 is 0. The summed E-state index contributed by atoms with van der Waals surface area (Å²) in [7, 11) is 1.67. The summed E-state index contributed by atoms with van der Waals surface area (Å²) in [6, 6.07) is 5.07. The molecule has 1 N–H and O–H groups in total. The molecule has 0 aliphatic heterocycles. The van der Waals surface area contributed by atoms with Crippen molar-refractivity contribution in [3.05, 3.63) is 29.6 Å². The highest BCUT2D eigenvalue weighted by atomic mass is 19.1. The van der Waals surface area contributed by atoms with Crippen LogP contribution in [0.25, 0.3) is 0 Å². The lowest BCUT2D eigenvalue weighted by molar-refractivity contribution is 0.106. The van der Waals surface area contributed by atoms with E-state index in [1.54, 1.807) is 7.11 Å². The van der Waals surface area contributed by atoms with Gasteiger partial charge in [-0.25, -0.2) is 4.39 Å². The molecular formula is C12H18FNO. The topological polar surface area (TPSA) is 21.3 Å². The SMILES string of the molecule is COC(C)C(C)Nc1cc(C)cc(F)c1. The lowest BCUT2D eigenvalue weighted by atomic mass is 10.1. The first-order valence-corrected chi connectivity index (χ1v) is 5.09. The van der Waals surface area contributed by atoms with Gasteiger partial charge in [-0.1, -0.05) is 0 Å². The summed E-state index contributed by atoms with van der Waals surface area (Å²) in [5.41, 5.74) is 1.71. The Morgan fingerprint density at radius 2 is 1.93 bits per heavy atom. The van der Waals surface area contributed by atoms with Gasteiger partial charge in [0, 0.05) is 18.8 Å². The van der Waals surface area contributed by atoms with Gasteiger partial charge >= 0.3 is 0 Å². The fraction of sp³-hybridized carbons (Fsp3) is 0.500. The molecule has 2 atom stereocenters. The minimum atomic E-state index is -0.213. The van der Waals surface area contributed by atoms with Crippen LogP contribution in [-0.4, -0.2) is 19.3 Å². The van der Waals surface area contributed by atoms with Crippen molar-refractivity contribution in [1.29, 1.82) is 0 Å². The second kappa shape index (κ2) is 5.12. The molecule has 0 saturated heterocycles. The number of aryl methyl sites for hydroxylation is 1. The van der Waals surface area contributed by atoms with E-state index in [4.69, 9.17) is 4.74 Å². The molecule has 0 fully saturated rings. The molecule has 2 unspecified atom stereocenters. The van der Waals surface area contributed by atoms with E-state index in [1.165, 1.54) is 12.1 Å². The zero-order valence-electron chi connectivity index (χ0n) is 9.67. The van der Waals surface area contributed by atoms with Crippen molar-refractivity contribution >= 4 is 5.69 Å². The van der Waals surface area contributed by atoms with Crippen LogP contribution in [-0.2, 0) is 4.74 Å². The summed E-state index contributed by atoms with van der Waals surface area (Å²) in [4.78, 5) is 0. The summed E-state index contributed by atoms with van der Waals surface area (Å²) in [6.45, 7) is 5.86. The molecule has 15 heavy (non-hydrogen) atoms. The number of halogens is 1. The van der Waals surface area contributed by atoms with Crippen LogP contribution in [0.4, 0.5) is 10.1 Å². The van der Waals surface area contributed by atoms with Crippen molar-refractivity contribution in [2.24, 2.45) is 0 Å². The largest absolute Gasteiger partial charge is 0.380 e. The number of anilines is 1. The molecule has 0 saturated carbocycles. The fourth-order valence-electron chi connectivity index (χ4n) is 1.40. The summed E-state index contributed by atoms with van der Waals surface area (Å²) in [5, 5.41) is 3.21. The van der Waals surface area contributed by atoms with Crippen molar-refractivity contribution < 1.29 is 9.13 Å². The Bertz CT molecular complexity index is 307. The maximum atomic E-state index is 13.1. The van der Waals surface area contributed by atoms with E-state index >= 15 is 0 Å². The first-order valence-electron chi connectivity index (χ1n) is 5.09. The van der Waals surface area contributed by atoms with Crippen molar-refractivity contribution in [3.63, 3.8) is 0 Å². The lowest BCUT2D eigenvalue weighted by Gasteiger charge is -2.21. The molecule has 0 heterocycles. The quantitative estimate of drug-likeness (QED) is 0.826. The van der Waals surface area contributed by atoms with Gasteiger partial charge < -0.3 is 10.1 Å². The van der Waals surface area contributed by atoms with Crippen LogP contribution in [0.15, 0.2) is 18.2 Å². The molecule has 0 spiro atoms. The maximum absolute atomic E-state index is 13.1. The van der Waals surface area contributed by atoms with E-state index in [9.17, 15) is 4.39 Å². The first kappa shape index (κ1) is 12.0. The van der Waals surface area contributed by atoms with Crippen LogP contribution >= 0.6 is 0 Å². The number of hydrogen-bond donors (Lipinski definition) is 1. The molecule has 84 valence electrons. The van der Waals surface area contributed by atoms with Gasteiger partial charge in [0.15, 0.2) is 0 Å². The normalized spacial score (nSPS) is 14.7. The van der Waals surface area contributed by atoms with Crippen LogP contribution in [0.1, 0.15) is 19.4 Å². The third-order valence-electron chi connectivity index (χ3n) is 2.51. The Balaban J connectivity index is 2.72. The van der Waals surface area contributed by atoms with Crippen LogP contribution in [0.5, 0.6) is 0 Å². The van der Waals surface area contributed by atoms with Gasteiger partial charge in [-0.15, -0.1) is 0 Å². The van der Waals surface area contributed by atoms with Crippen molar-refractivity contribution in [2.45, 2.75) is 32.9 Å². The zero-order valence-corrected chi connectivity index (χ0v) is 9.67. The van der Waals surface area contributed by atoms with Gasteiger partial charge in [0.05, 0.1) is 6.10 Å². The fourth-order valence-corrected chi connectivity index (χ4v) is 1.40. The van der Waals surface area contributed by atoms with E-state index in [-0.39, 0.29) is 18.0 Å². The number of rotatable bonds is 4. The van der Waals surface area contributed by atoms with Gasteiger partial charge in [0.1, 0.15) is 5.82 Å². The highest BCUT2D eigenvalue weighted by molar-refractivity contribution is 5.46. The minimum absolute atomic E-state index is 0.0913. The molecule has 0 bridgehead atoms. The highest BCUT2D eigenvalue weighted by Gasteiger charge is 2.10. The van der Waals surface area contributed by atoms with Crippen molar-refractivity contribution in [3.8, 4) is 0 Å². The molecule has 2 nitrogen and oxygen atoms in total. The first-order chi connectivity index (χ1) is 7.02. The Morgan fingerprint density at radius 1 is 1.27 bits per heavy atom. The van der Waals surface area contributed by atoms with E-state index in [0.717, 1.165) is 11.3 Å². The molecule has 1 aromatic carbocycles. The third-order valence-corrected chi connectivity index (χ3v) is 2.51. The number of benzene rings is 1. The summed E-state index contributed by atoms with van der Waals surface area (Å²) < 4.78 is 18.3. The summed E-state index contributed by atoms with van der Waals surface area (Å²) in [5.74, 6) is -0.213. The van der Waals surface area contributed by atoms with Crippen LogP contribution in [0.3, 0.4) is 0 Å². The third kappa shape index (κ3) is 3.51. The smallest absolute Gasteiger partial charge is 0.125 e. The van der Waals surface area contributed by atoms with Crippen LogP contribution in [0.2, 0.25) is 0 Å². The van der Waals surface area contributed by atoms with E-state index in [1.807, 2.05) is 26.8 Å². The van der Waals surface area contributed by atoms with Crippen LogP contribution in [0, 0.1) is 12.7 Å². The molecule has 0 aliphatic rings. The average molecular weight is 211 g/mol. The number of hydrogen-bond acceptors (Lipinski definition) is 2. The maximum Gasteiger partial charge on any atom is 0.125 e. The number of nitrogens with one attached hydrogen (secondary N) is 1. The molecule has 1 aromatic rings. The van der Waals surface area contributed by atoms with Gasteiger partial charge in [0.2, 0.25) is 0 Å². The van der Waals surface area contributed by atoms with E-state index in [2.05, 4.69) is 5.32 Å². The molecule has 0 amide bonds. The number of methoxy groups -OCH3 is 1. The Morgan fingerprint density at radius 3 is 2.47 bits per heavy atom. The molecule has 3 heteroatoms. The molecular weight excluding hydrogens is 193 g/mol. The van der Waals surface area contributed by atoms with Gasteiger partial charge in [0.25, 0.3) is 0 Å². The van der Waals surface area contributed by atoms with Crippen LogP contribution < -0.4 is 5.32 Å². The minimum Gasteiger partial charge on any atom is -0.380 e. The van der Waals surface area contributed by atoms with E-state index in [0.29, 0.717) is 0 Å². The lowest BCUT2D eigenvalue weighted by Crippen LogP contribution is -2.29. The van der Waals surface area contributed by atoms with Gasteiger partial charge in [-0.05, 0) is 44.5 Å². The van der Waals surface area contributed by atoms with Crippen molar-refractivity contribution in [2.75, 3.05) is 12.4 Å². The van der Waals surface area contributed by atoms with E-state index < -0.39 is 0 Å². The second-order valence-electron chi connectivity index (χ2n) is 3.89. The predicted molar refractivity (Wildman–Crippen MR) is 60.7 cm³/mol. The highest BCUT2D eigenvalue weighted by Crippen LogP contribution is 2.15. The average Bonchev–Trinajstić information content (AvgIpc) is 2.14. The molecule has 1 rings (SSSR count). The van der Waals surface area contributed by atoms with Gasteiger partial charge in [-0.3, -0.25) is 0 Å². The molecule has 0 radical (unpaired) electrons. The summed E-state index contributed by atoms with van der Waals surface area (Å²) in [6.07, 6.45) is 0.0913. The Kier molecular flexibility index (Phi) is 4.09. The van der Waals surface area contributed by atoms with Crippen molar-refractivity contribution in [1.82, 2.24) is 0 Å². The monoisotopic (exact) mass is 211 g/mol. The predicted octanol–water partition coefficient (Wildman–Crippen LogP) is 2.97. The Labute approximate surface area is 90.4 Å². The Hall–Kier alpha value is -1.09. The van der Waals surface area contributed by atoms with Gasteiger partial charge in [-0.2, -0.15) is 0 Å².